The Morgan fingerprint density at radius 2 is 1.62 bits per heavy atom. The van der Waals surface area contributed by atoms with Gasteiger partial charge in [0, 0.05) is 38.4 Å². The van der Waals surface area contributed by atoms with Crippen molar-refractivity contribution in [1.82, 2.24) is 10.2 Å². The van der Waals surface area contributed by atoms with E-state index in [9.17, 15) is 9.59 Å². The van der Waals surface area contributed by atoms with Gasteiger partial charge in [-0.25, -0.2) is 0 Å². The topological polar surface area (TPSA) is 52.7 Å². The van der Waals surface area contributed by atoms with E-state index < -0.39 is 0 Å². The number of rotatable bonds is 5. The van der Waals surface area contributed by atoms with Crippen molar-refractivity contribution in [3.05, 3.63) is 71.4 Å². The first-order valence-electron chi connectivity index (χ1n) is 10.1. The third kappa shape index (κ3) is 5.47. The van der Waals surface area contributed by atoms with E-state index >= 15 is 0 Å². The van der Waals surface area contributed by atoms with Crippen molar-refractivity contribution >= 4 is 23.6 Å². The lowest BCUT2D eigenvalue weighted by Gasteiger charge is -2.31. The molecule has 1 fully saturated rings. The van der Waals surface area contributed by atoms with Gasteiger partial charge in [0.2, 0.25) is 0 Å². The molecule has 0 saturated carbocycles. The van der Waals surface area contributed by atoms with Crippen LogP contribution < -0.4 is 10.2 Å². The summed E-state index contributed by atoms with van der Waals surface area (Å²) in [6, 6.07) is 16.9. The van der Waals surface area contributed by atoms with Crippen LogP contribution in [0.3, 0.4) is 0 Å². The number of amides is 2. The van der Waals surface area contributed by atoms with Crippen molar-refractivity contribution < 1.29 is 9.59 Å². The number of nitrogens with one attached hydrogen (secondary N) is 1. The number of piperidine rings is 1. The van der Waals surface area contributed by atoms with Gasteiger partial charge < -0.3 is 15.1 Å². The molecule has 2 amide bonds. The lowest BCUT2D eigenvalue weighted by molar-refractivity contribution is -0.128. The maximum atomic E-state index is 13.2. The first kappa shape index (κ1) is 20.6. The number of carbonyl (C=O) groups excluding carboxylic acids is 2. The Labute approximate surface area is 173 Å². The Morgan fingerprint density at radius 3 is 2.21 bits per heavy atom. The molecule has 1 aliphatic rings. The third-order valence-electron chi connectivity index (χ3n) is 5.31. The molecule has 1 saturated heterocycles. The van der Waals surface area contributed by atoms with Crippen LogP contribution >= 0.6 is 0 Å². The fourth-order valence-corrected chi connectivity index (χ4v) is 3.35. The molecule has 152 valence electrons. The van der Waals surface area contributed by atoms with Crippen LogP contribution in [0.15, 0.2) is 60.3 Å². The lowest BCUT2D eigenvalue weighted by Crippen LogP contribution is -2.42. The van der Waals surface area contributed by atoms with Crippen LogP contribution in [-0.2, 0) is 4.79 Å². The van der Waals surface area contributed by atoms with Crippen LogP contribution in [-0.4, -0.2) is 43.9 Å². The molecule has 0 aliphatic carbocycles. The standard InChI is InChI=1S/C24H29N3O2/c1-18-13-15-27(16-14-18)24(29)22(25-23(28)20-7-5-4-6-8-20)17-19-9-11-21(12-10-19)26(2)3/h4-12,17-18H,13-16H2,1-3H3,(H,25,28)/b22-17+. The summed E-state index contributed by atoms with van der Waals surface area (Å²) < 4.78 is 0. The SMILES string of the molecule is CC1CCN(C(=O)/C(=C\c2ccc(N(C)C)cc2)NC(=O)c2ccccc2)CC1. The second kappa shape index (κ2) is 9.41. The molecule has 0 atom stereocenters. The Balaban J connectivity index is 1.86. The Morgan fingerprint density at radius 1 is 1.00 bits per heavy atom. The highest BCUT2D eigenvalue weighted by molar-refractivity contribution is 6.05. The first-order valence-corrected chi connectivity index (χ1v) is 10.1. The van der Waals surface area contributed by atoms with E-state index in [1.54, 1.807) is 18.2 Å². The summed E-state index contributed by atoms with van der Waals surface area (Å²) in [7, 11) is 3.97. The number of nitrogens with zero attached hydrogens (tertiary/aromatic N) is 2. The zero-order valence-electron chi connectivity index (χ0n) is 17.4. The fraction of sp³-hybridized carbons (Fsp3) is 0.333. The zero-order valence-corrected chi connectivity index (χ0v) is 17.4. The monoisotopic (exact) mass is 391 g/mol. The molecular weight excluding hydrogens is 362 g/mol. The van der Waals surface area contributed by atoms with Gasteiger partial charge in [-0.1, -0.05) is 37.3 Å². The highest BCUT2D eigenvalue weighted by atomic mass is 16.2. The number of hydrogen-bond donors (Lipinski definition) is 1. The normalized spacial score (nSPS) is 15.1. The molecule has 1 aliphatic heterocycles. The Bertz CT molecular complexity index is 865. The molecule has 5 nitrogen and oxygen atoms in total. The van der Waals surface area contributed by atoms with Crippen LogP contribution in [0.5, 0.6) is 0 Å². The molecule has 1 N–H and O–H groups in total. The van der Waals surface area contributed by atoms with Crippen molar-refractivity contribution in [3.8, 4) is 0 Å². The van der Waals surface area contributed by atoms with Crippen molar-refractivity contribution in [2.75, 3.05) is 32.1 Å². The number of anilines is 1. The second-order valence-electron chi connectivity index (χ2n) is 7.84. The van der Waals surface area contributed by atoms with E-state index in [4.69, 9.17) is 0 Å². The summed E-state index contributed by atoms with van der Waals surface area (Å²) >= 11 is 0. The zero-order chi connectivity index (χ0) is 20.8. The molecule has 3 rings (SSSR count). The summed E-state index contributed by atoms with van der Waals surface area (Å²) in [5.74, 6) is 0.224. The fourth-order valence-electron chi connectivity index (χ4n) is 3.35. The quantitative estimate of drug-likeness (QED) is 0.789. The Kier molecular flexibility index (Phi) is 6.70. The summed E-state index contributed by atoms with van der Waals surface area (Å²) in [6.45, 7) is 3.65. The van der Waals surface area contributed by atoms with E-state index in [0.717, 1.165) is 37.2 Å². The summed E-state index contributed by atoms with van der Waals surface area (Å²) in [6.07, 6.45) is 3.74. The van der Waals surface area contributed by atoms with Crippen LogP contribution in [0.1, 0.15) is 35.7 Å². The summed E-state index contributed by atoms with van der Waals surface area (Å²) in [5.41, 5.74) is 2.79. The van der Waals surface area contributed by atoms with Crippen LogP contribution in [0.4, 0.5) is 5.69 Å². The van der Waals surface area contributed by atoms with Gasteiger partial charge in [-0.3, -0.25) is 9.59 Å². The lowest BCUT2D eigenvalue weighted by atomic mass is 9.99. The van der Waals surface area contributed by atoms with E-state index in [-0.39, 0.29) is 11.8 Å². The molecule has 0 spiro atoms. The number of likely N-dealkylation sites (tertiary alicyclic amines) is 1. The molecule has 29 heavy (non-hydrogen) atoms. The Hall–Kier alpha value is -3.08. The maximum absolute atomic E-state index is 13.2. The average molecular weight is 392 g/mol. The highest BCUT2D eigenvalue weighted by Crippen LogP contribution is 2.19. The van der Waals surface area contributed by atoms with E-state index in [1.807, 2.05) is 66.4 Å². The predicted molar refractivity (Wildman–Crippen MR) is 118 cm³/mol. The van der Waals surface area contributed by atoms with E-state index in [1.165, 1.54) is 0 Å². The smallest absolute Gasteiger partial charge is 0.270 e. The van der Waals surface area contributed by atoms with Gasteiger partial charge in [-0.2, -0.15) is 0 Å². The van der Waals surface area contributed by atoms with Crippen molar-refractivity contribution in [2.45, 2.75) is 19.8 Å². The van der Waals surface area contributed by atoms with Gasteiger partial charge >= 0.3 is 0 Å². The predicted octanol–water partition coefficient (Wildman–Crippen LogP) is 3.78. The van der Waals surface area contributed by atoms with Crippen molar-refractivity contribution in [1.29, 1.82) is 0 Å². The number of carbonyl (C=O) groups is 2. The molecular formula is C24H29N3O2. The molecule has 0 aromatic heterocycles. The largest absolute Gasteiger partial charge is 0.378 e. The summed E-state index contributed by atoms with van der Waals surface area (Å²) in [5, 5.41) is 2.85. The van der Waals surface area contributed by atoms with Gasteiger partial charge in [-0.05, 0) is 54.7 Å². The average Bonchev–Trinajstić information content (AvgIpc) is 2.74. The molecule has 1 heterocycles. The van der Waals surface area contributed by atoms with Gasteiger partial charge in [0.1, 0.15) is 5.70 Å². The van der Waals surface area contributed by atoms with Gasteiger partial charge in [0.25, 0.3) is 11.8 Å². The maximum Gasteiger partial charge on any atom is 0.270 e. The van der Waals surface area contributed by atoms with E-state index in [0.29, 0.717) is 17.2 Å². The highest BCUT2D eigenvalue weighted by Gasteiger charge is 2.24. The number of hydrogen-bond acceptors (Lipinski definition) is 3. The summed E-state index contributed by atoms with van der Waals surface area (Å²) in [4.78, 5) is 29.7. The second-order valence-corrected chi connectivity index (χ2v) is 7.84. The van der Waals surface area contributed by atoms with Gasteiger partial charge in [-0.15, -0.1) is 0 Å². The molecule has 0 unspecified atom stereocenters. The minimum absolute atomic E-state index is 0.127. The molecule has 2 aromatic carbocycles. The van der Waals surface area contributed by atoms with Crippen molar-refractivity contribution in [2.24, 2.45) is 5.92 Å². The van der Waals surface area contributed by atoms with Crippen LogP contribution in [0.25, 0.3) is 6.08 Å². The van der Waals surface area contributed by atoms with Gasteiger partial charge in [0.05, 0.1) is 0 Å². The van der Waals surface area contributed by atoms with Gasteiger partial charge in [0.15, 0.2) is 0 Å². The molecule has 0 bridgehead atoms. The van der Waals surface area contributed by atoms with Crippen LogP contribution in [0.2, 0.25) is 0 Å². The first-order chi connectivity index (χ1) is 13.9. The number of benzene rings is 2. The van der Waals surface area contributed by atoms with Crippen molar-refractivity contribution in [3.63, 3.8) is 0 Å². The van der Waals surface area contributed by atoms with E-state index in [2.05, 4.69) is 12.2 Å². The molecule has 2 aromatic rings. The molecule has 0 radical (unpaired) electrons. The van der Waals surface area contributed by atoms with Crippen LogP contribution in [0, 0.1) is 5.92 Å². The minimum Gasteiger partial charge on any atom is -0.378 e. The third-order valence-corrected chi connectivity index (χ3v) is 5.31. The molecule has 5 heteroatoms. The minimum atomic E-state index is -0.277.